The van der Waals surface area contributed by atoms with Crippen molar-refractivity contribution in [1.82, 2.24) is 9.80 Å². The minimum Gasteiger partial charge on any atom is -0.398 e. The fraction of sp³-hybridized carbons (Fsp3) is 0.625. The first-order valence-electron chi connectivity index (χ1n) is 7.66. The zero-order valence-corrected chi connectivity index (χ0v) is 13.8. The second-order valence-electron chi connectivity index (χ2n) is 6.24. The Balaban J connectivity index is 1.72. The number of nitrogens with two attached hydrogens (primary N) is 1. The van der Waals surface area contributed by atoms with Gasteiger partial charge < -0.3 is 5.73 Å². The highest BCUT2D eigenvalue weighted by Crippen LogP contribution is 2.29. The van der Waals surface area contributed by atoms with Crippen LogP contribution in [0.4, 0.5) is 5.69 Å². The highest BCUT2D eigenvalue weighted by atomic mass is 79.9. The first kappa shape index (κ1) is 14.4. The van der Waals surface area contributed by atoms with E-state index >= 15 is 0 Å². The molecule has 2 unspecified atom stereocenters. The molecule has 0 saturated carbocycles. The van der Waals surface area contributed by atoms with Crippen LogP contribution < -0.4 is 5.73 Å². The maximum Gasteiger partial charge on any atom is 0.0461 e. The van der Waals surface area contributed by atoms with Crippen LogP contribution in [0, 0.1) is 0 Å². The number of halogens is 1. The Hall–Kier alpha value is -0.580. The molecule has 0 bridgehead atoms. The number of fused-ring (bicyclic) bond motifs is 1. The fourth-order valence-electron chi connectivity index (χ4n) is 3.57. The highest BCUT2D eigenvalue weighted by Gasteiger charge is 2.32. The van der Waals surface area contributed by atoms with Gasteiger partial charge in [-0.05, 0) is 53.9 Å². The maximum absolute atomic E-state index is 5.99. The number of nitrogens with zero attached hydrogens (tertiary/aromatic N) is 2. The summed E-state index contributed by atoms with van der Waals surface area (Å²) in [6.07, 6.45) is 4.14. The van der Waals surface area contributed by atoms with Crippen molar-refractivity contribution in [2.75, 3.05) is 25.4 Å². The van der Waals surface area contributed by atoms with Crippen molar-refractivity contribution in [2.24, 2.45) is 0 Å². The lowest BCUT2D eigenvalue weighted by molar-refractivity contribution is 0.0110. The molecule has 2 N–H and O–H groups in total. The normalized spacial score (nSPS) is 28.3. The topological polar surface area (TPSA) is 32.5 Å². The van der Waals surface area contributed by atoms with Gasteiger partial charge in [0, 0.05) is 41.9 Å². The highest BCUT2D eigenvalue weighted by molar-refractivity contribution is 9.10. The molecule has 1 aromatic carbocycles. The third-order valence-electron chi connectivity index (χ3n) is 4.80. The summed E-state index contributed by atoms with van der Waals surface area (Å²) >= 11 is 3.63. The Bertz CT molecular complexity index is 477. The molecule has 0 radical (unpaired) electrons. The second-order valence-corrected chi connectivity index (χ2v) is 7.04. The van der Waals surface area contributed by atoms with Gasteiger partial charge in [-0.15, -0.1) is 0 Å². The molecule has 0 aromatic heterocycles. The number of benzene rings is 1. The summed E-state index contributed by atoms with van der Waals surface area (Å²) in [5, 5.41) is 0. The smallest absolute Gasteiger partial charge is 0.0461 e. The average molecular weight is 338 g/mol. The number of hydrogen-bond acceptors (Lipinski definition) is 3. The SMILES string of the molecule is CC1CN2CCCCC2CN1Cc1cccc(N)c1Br. The van der Waals surface area contributed by atoms with Crippen molar-refractivity contribution < 1.29 is 0 Å². The second kappa shape index (κ2) is 6.04. The van der Waals surface area contributed by atoms with Crippen LogP contribution in [0.5, 0.6) is 0 Å². The van der Waals surface area contributed by atoms with Crippen LogP contribution in [0.15, 0.2) is 22.7 Å². The Labute approximate surface area is 130 Å². The lowest BCUT2D eigenvalue weighted by Gasteiger charge is -2.47. The van der Waals surface area contributed by atoms with Gasteiger partial charge in [0.2, 0.25) is 0 Å². The van der Waals surface area contributed by atoms with Crippen LogP contribution >= 0.6 is 15.9 Å². The number of anilines is 1. The number of piperazine rings is 1. The largest absolute Gasteiger partial charge is 0.398 e. The zero-order chi connectivity index (χ0) is 14.1. The molecule has 1 aromatic rings. The molecule has 2 atom stereocenters. The molecule has 20 heavy (non-hydrogen) atoms. The maximum atomic E-state index is 5.99. The van der Waals surface area contributed by atoms with Gasteiger partial charge in [-0.2, -0.15) is 0 Å². The van der Waals surface area contributed by atoms with Gasteiger partial charge >= 0.3 is 0 Å². The molecule has 2 saturated heterocycles. The lowest BCUT2D eigenvalue weighted by atomic mass is 9.96. The molecular weight excluding hydrogens is 314 g/mol. The van der Waals surface area contributed by atoms with E-state index in [1.54, 1.807) is 0 Å². The Kier molecular flexibility index (Phi) is 4.34. The van der Waals surface area contributed by atoms with E-state index in [1.807, 2.05) is 6.07 Å². The number of rotatable bonds is 2. The molecular formula is C16H24BrN3. The van der Waals surface area contributed by atoms with Gasteiger partial charge in [0.15, 0.2) is 0 Å². The van der Waals surface area contributed by atoms with Crippen molar-refractivity contribution in [3.8, 4) is 0 Å². The summed E-state index contributed by atoms with van der Waals surface area (Å²) in [4.78, 5) is 5.31. The summed E-state index contributed by atoms with van der Waals surface area (Å²) in [5.41, 5.74) is 8.14. The van der Waals surface area contributed by atoms with Crippen LogP contribution in [-0.4, -0.2) is 41.5 Å². The quantitative estimate of drug-likeness (QED) is 0.841. The van der Waals surface area contributed by atoms with Gasteiger partial charge in [-0.25, -0.2) is 0 Å². The number of piperidine rings is 1. The Morgan fingerprint density at radius 2 is 2.15 bits per heavy atom. The number of nitrogen functional groups attached to an aromatic ring is 1. The summed E-state index contributed by atoms with van der Waals surface area (Å²) in [6.45, 7) is 7.06. The Morgan fingerprint density at radius 1 is 1.30 bits per heavy atom. The predicted molar refractivity (Wildman–Crippen MR) is 87.6 cm³/mol. The molecule has 0 aliphatic carbocycles. The third kappa shape index (κ3) is 2.87. The van der Waals surface area contributed by atoms with Crippen LogP contribution in [0.25, 0.3) is 0 Å². The van der Waals surface area contributed by atoms with Crippen LogP contribution in [0.3, 0.4) is 0 Å². The van der Waals surface area contributed by atoms with Crippen LogP contribution in [0.2, 0.25) is 0 Å². The van der Waals surface area contributed by atoms with E-state index in [9.17, 15) is 0 Å². The number of hydrogen-bond donors (Lipinski definition) is 1. The van der Waals surface area contributed by atoms with Gasteiger partial charge in [-0.1, -0.05) is 18.6 Å². The molecule has 2 fully saturated rings. The summed E-state index contributed by atoms with van der Waals surface area (Å²) in [7, 11) is 0. The molecule has 2 aliphatic heterocycles. The summed E-state index contributed by atoms with van der Waals surface area (Å²) in [5.74, 6) is 0. The Morgan fingerprint density at radius 3 is 3.00 bits per heavy atom. The minimum absolute atomic E-state index is 0.623. The molecule has 4 heteroatoms. The van der Waals surface area contributed by atoms with Gasteiger partial charge in [0.25, 0.3) is 0 Å². The molecule has 3 nitrogen and oxygen atoms in total. The van der Waals surface area contributed by atoms with Gasteiger partial charge in [-0.3, -0.25) is 9.80 Å². The summed E-state index contributed by atoms with van der Waals surface area (Å²) in [6, 6.07) is 7.57. The van der Waals surface area contributed by atoms with E-state index in [2.05, 4.69) is 44.8 Å². The van der Waals surface area contributed by atoms with Crippen molar-refractivity contribution in [1.29, 1.82) is 0 Å². The predicted octanol–water partition coefficient (Wildman–Crippen LogP) is 3.09. The summed E-state index contributed by atoms with van der Waals surface area (Å²) < 4.78 is 1.07. The van der Waals surface area contributed by atoms with E-state index in [-0.39, 0.29) is 0 Å². The lowest BCUT2D eigenvalue weighted by Crippen LogP contribution is -2.58. The monoisotopic (exact) mass is 337 g/mol. The first-order valence-corrected chi connectivity index (χ1v) is 8.45. The molecule has 110 valence electrons. The van der Waals surface area contributed by atoms with E-state index in [4.69, 9.17) is 5.73 Å². The zero-order valence-electron chi connectivity index (χ0n) is 12.2. The standard InChI is InChI=1S/C16H24BrN3/c1-12-9-19-8-3-2-6-14(19)11-20(12)10-13-5-4-7-15(18)16(13)17/h4-5,7,12,14H,2-3,6,8-11,18H2,1H3. The minimum atomic E-state index is 0.623. The third-order valence-corrected chi connectivity index (χ3v) is 5.77. The van der Waals surface area contributed by atoms with Crippen molar-refractivity contribution >= 4 is 21.6 Å². The van der Waals surface area contributed by atoms with E-state index in [0.717, 1.165) is 22.7 Å². The molecule has 3 rings (SSSR count). The van der Waals surface area contributed by atoms with Crippen LogP contribution in [0.1, 0.15) is 31.7 Å². The first-order chi connectivity index (χ1) is 9.65. The van der Waals surface area contributed by atoms with Crippen LogP contribution in [-0.2, 0) is 6.54 Å². The van der Waals surface area contributed by atoms with E-state index in [1.165, 1.54) is 44.5 Å². The van der Waals surface area contributed by atoms with Crippen molar-refractivity contribution in [3.05, 3.63) is 28.2 Å². The molecule has 2 heterocycles. The molecule has 2 aliphatic rings. The van der Waals surface area contributed by atoms with Gasteiger partial charge in [0.05, 0.1) is 0 Å². The van der Waals surface area contributed by atoms with Crippen molar-refractivity contribution in [2.45, 2.75) is 44.8 Å². The van der Waals surface area contributed by atoms with Crippen molar-refractivity contribution in [3.63, 3.8) is 0 Å². The molecule has 0 amide bonds. The van der Waals surface area contributed by atoms with Gasteiger partial charge in [0.1, 0.15) is 0 Å². The van der Waals surface area contributed by atoms with E-state index in [0.29, 0.717) is 6.04 Å². The molecule has 0 spiro atoms. The average Bonchev–Trinajstić information content (AvgIpc) is 2.44. The van der Waals surface area contributed by atoms with E-state index < -0.39 is 0 Å². The fourth-order valence-corrected chi connectivity index (χ4v) is 3.96.